The van der Waals surface area contributed by atoms with E-state index in [0.717, 1.165) is 5.56 Å². The minimum atomic E-state index is -0.381. The molecule has 0 radical (unpaired) electrons. The van der Waals surface area contributed by atoms with E-state index in [-0.39, 0.29) is 11.9 Å². The molecule has 22 heavy (non-hydrogen) atoms. The predicted octanol–water partition coefficient (Wildman–Crippen LogP) is 1.75. The van der Waals surface area contributed by atoms with Crippen LogP contribution in [0.3, 0.4) is 0 Å². The fourth-order valence-corrected chi connectivity index (χ4v) is 2.04. The molecule has 0 saturated heterocycles. The molecule has 3 amide bonds. The van der Waals surface area contributed by atoms with Crippen molar-refractivity contribution in [3.8, 4) is 0 Å². The van der Waals surface area contributed by atoms with Crippen LogP contribution in [-0.2, 0) is 13.6 Å². The Kier molecular flexibility index (Phi) is 5.00. The minimum absolute atomic E-state index is 0.300. The van der Waals surface area contributed by atoms with E-state index in [1.54, 1.807) is 30.1 Å². The number of benzene rings is 1. The van der Waals surface area contributed by atoms with Gasteiger partial charge in [0.05, 0.1) is 16.8 Å². The van der Waals surface area contributed by atoms with Gasteiger partial charge in [0.1, 0.15) is 0 Å². The van der Waals surface area contributed by atoms with Gasteiger partial charge in [-0.3, -0.25) is 9.48 Å². The molecule has 0 aliphatic carbocycles. The fourth-order valence-electron chi connectivity index (χ4n) is 1.83. The van der Waals surface area contributed by atoms with E-state index in [4.69, 9.17) is 11.6 Å². The normalized spacial score (nSPS) is 10.1. The van der Waals surface area contributed by atoms with Gasteiger partial charge < -0.3 is 16.0 Å². The molecule has 116 valence electrons. The highest BCUT2D eigenvalue weighted by atomic mass is 35.5. The summed E-state index contributed by atoms with van der Waals surface area (Å²) < 4.78 is 1.66. The molecular formula is C14H16ClN5O2. The summed E-state index contributed by atoms with van der Waals surface area (Å²) in [4.78, 5) is 23.5. The zero-order chi connectivity index (χ0) is 16.1. The van der Waals surface area contributed by atoms with Crippen molar-refractivity contribution >= 4 is 29.2 Å². The number of halogens is 1. The van der Waals surface area contributed by atoms with Gasteiger partial charge in [-0.2, -0.15) is 5.10 Å². The lowest BCUT2D eigenvalue weighted by molar-refractivity contribution is 0.0963. The largest absolute Gasteiger partial charge is 0.355 e. The number of aromatic nitrogens is 2. The number of carbonyl (C=O) groups is 2. The number of hydrogen-bond donors (Lipinski definition) is 3. The second-order valence-electron chi connectivity index (χ2n) is 4.60. The summed E-state index contributed by atoms with van der Waals surface area (Å²) in [5.74, 6) is -0.315. The van der Waals surface area contributed by atoms with Gasteiger partial charge in [-0.05, 0) is 18.2 Å². The molecule has 3 N–H and O–H groups in total. The van der Waals surface area contributed by atoms with Gasteiger partial charge in [-0.1, -0.05) is 11.6 Å². The number of carbonyl (C=O) groups excluding carboxylic acids is 2. The standard InChI is InChI=1S/C14H16ClN5O2/c1-16-13(21)11-5-10(3-4-12(11)15)19-14(22)17-6-9-7-18-20(2)8-9/h3-5,7-8H,6H2,1-2H3,(H,16,21)(H2,17,19,22). The third-order valence-electron chi connectivity index (χ3n) is 2.91. The maximum Gasteiger partial charge on any atom is 0.319 e. The van der Waals surface area contributed by atoms with Crippen LogP contribution >= 0.6 is 11.6 Å². The van der Waals surface area contributed by atoms with E-state index in [2.05, 4.69) is 21.0 Å². The number of anilines is 1. The first-order valence-electron chi connectivity index (χ1n) is 6.53. The molecule has 7 nitrogen and oxygen atoms in total. The summed E-state index contributed by atoms with van der Waals surface area (Å²) in [6.07, 6.45) is 3.48. The Hall–Kier alpha value is -2.54. The van der Waals surface area contributed by atoms with Crippen LogP contribution in [0.2, 0.25) is 5.02 Å². The number of hydrogen-bond acceptors (Lipinski definition) is 3. The average Bonchev–Trinajstić information content (AvgIpc) is 2.92. The number of rotatable bonds is 4. The van der Waals surface area contributed by atoms with Crippen LogP contribution < -0.4 is 16.0 Å². The first-order valence-corrected chi connectivity index (χ1v) is 6.91. The Morgan fingerprint density at radius 3 is 2.77 bits per heavy atom. The second-order valence-corrected chi connectivity index (χ2v) is 5.01. The lowest BCUT2D eigenvalue weighted by atomic mass is 10.2. The number of nitrogens with one attached hydrogen (secondary N) is 3. The third-order valence-corrected chi connectivity index (χ3v) is 3.24. The molecule has 0 aliphatic heterocycles. The van der Waals surface area contributed by atoms with E-state index < -0.39 is 0 Å². The molecule has 0 spiro atoms. The lowest BCUT2D eigenvalue weighted by Crippen LogP contribution is -2.28. The fraction of sp³-hybridized carbons (Fsp3) is 0.214. The Bertz CT molecular complexity index is 698. The second kappa shape index (κ2) is 6.95. The van der Waals surface area contributed by atoms with E-state index in [0.29, 0.717) is 22.8 Å². The van der Waals surface area contributed by atoms with Crippen molar-refractivity contribution in [2.45, 2.75) is 6.54 Å². The first kappa shape index (κ1) is 15.8. The molecule has 1 aromatic heterocycles. The molecule has 1 heterocycles. The highest BCUT2D eigenvalue weighted by Gasteiger charge is 2.11. The Balaban J connectivity index is 1.98. The van der Waals surface area contributed by atoms with Crippen molar-refractivity contribution in [3.63, 3.8) is 0 Å². The summed E-state index contributed by atoms with van der Waals surface area (Å²) in [7, 11) is 3.32. The van der Waals surface area contributed by atoms with E-state index in [9.17, 15) is 9.59 Å². The molecule has 8 heteroatoms. The Morgan fingerprint density at radius 2 is 2.14 bits per heavy atom. The zero-order valence-corrected chi connectivity index (χ0v) is 12.9. The number of urea groups is 1. The van der Waals surface area contributed by atoms with Gasteiger partial charge in [0.25, 0.3) is 5.91 Å². The summed E-state index contributed by atoms with van der Waals surface area (Å²) in [5, 5.41) is 12.2. The van der Waals surface area contributed by atoms with Crippen molar-refractivity contribution in [2.75, 3.05) is 12.4 Å². The van der Waals surface area contributed by atoms with Crippen LogP contribution in [-0.4, -0.2) is 28.8 Å². The van der Waals surface area contributed by atoms with Crippen molar-refractivity contribution < 1.29 is 9.59 Å². The number of aryl methyl sites for hydroxylation is 1. The van der Waals surface area contributed by atoms with Gasteiger partial charge in [0, 0.05) is 38.1 Å². The highest BCUT2D eigenvalue weighted by molar-refractivity contribution is 6.34. The van der Waals surface area contributed by atoms with Crippen molar-refractivity contribution in [1.29, 1.82) is 0 Å². The monoisotopic (exact) mass is 321 g/mol. The Labute approximate surface area is 132 Å². The molecule has 2 rings (SSSR count). The predicted molar refractivity (Wildman–Crippen MR) is 83.9 cm³/mol. The third kappa shape index (κ3) is 3.98. The minimum Gasteiger partial charge on any atom is -0.355 e. The molecule has 0 saturated carbocycles. The van der Waals surface area contributed by atoms with E-state index >= 15 is 0 Å². The summed E-state index contributed by atoms with van der Waals surface area (Å²) >= 11 is 5.95. The van der Waals surface area contributed by atoms with E-state index in [1.807, 2.05) is 6.20 Å². The topological polar surface area (TPSA) is 88.1 Å². The molecule has 0 aliphatic rings. The van der Waals surface area contributed by atoms with Crippen LogP contribution in [0.25, 0.3) is 0 Å². The van der Waals surface area contributed by atoms with Crippen LogP contribution in [0, 0.1) is 0 Å². The summed E-state index contributed by atoms with van der Waals surface area (Å²) in [5.41, 5.74) is 1.67. The lowest BCUT2D eigenvalue weighted by Gasteiger charge is -2.09. The van der Waals surface area contributed by atoms with Gasteiger partial charge in [-0.25, -0.2) is 4.79 Å². The van der Waals surface area contributed by atoms with Crippen molar-refractivity contribution in [1.82, 2.24) is 20.4 Å². The van der Waals surface area contributed by atoms with Gasteiger partial charge >= 0.3 is 6.03 Å². The highest BCUT2D eigenvalue weighted by Crippen LogP contribution is 2.20. The molecule has 0 unspecified atom stereocenters. The van der Waals surface area contributed by atoms with Crippen molar-refractivity contribution in [3.05, 3.63) is 46.7 Å². The molecule has 0 fully saturated rings. The average molecular weight is 322 g/mol. The van der Waals surface area contributed by atoms with Crippen LogP contribution in [0.15, 0.2) is 30.6 Å². The number of nitrogens with zero attached hydrogens (tertiary/aromatic N) is 2. The van der Waals surface area contributed by atoms with Crippen LogP contribution in [0.4, 0.5) is 10.5 Å². The van der Waals surface area contributed by atoms with Crippen LogP contribution in [0.5, 0.6) is 0 Å². The number of amides is 3. The SMILES string of the molecule is CNC(=O)c1cc(NC(=O)NCc2cnn(C)c2)ccc1Cl. The van der Waals surface area contributed by atoms with Gasteiger partial charge in [0.2, 0.25) is 0 Å². The molecule has 1 aromatic carbocycles. The maximum atomic E-state index is 11.8. The maximum absolute atomic E-state index is 11.8. The van der Waals surface area contributed by atoms with Gasteiger partial charge in [-0.15, -0.1) is 0 Å². The Morgan fingerprint density at radius 1 is 1.36 bits per heavy atom. The quantitative estimate of drug-likeness (QED) is 0.801. The first-order chi connectivity index (χ1) is 10.5. The molecular weight excluding hydrogens is 306 g/mol. The van der Waals surface area contributed by atoms with Crippen molar-refractivity contribution in [2.24, 2.45) is 7.05 Å². The summed E-state index contributed by atoms with van der Waals surface area (Å²) in [6.45, 7) is 0.357. The molecule has 0 atom stereocenters. The smallest absolute Gasteiger partial charge is 0.319 e. The molecule has 0 bridgehead atoms. The van der Waals surface area contributed by atoms with E-state index in [1.165, 1.54) is 13.1 Å². The van der Waals surface area contributed by atoms with Gasteiger partial charge in [0.15, 0.2) is 0 Å². The molecule has 2 aromatic rings. The summed E-state index contributed by atoms with van der Waals surface area (Å²) in [6, 6.07) is 4.32. The van der Waals surface area contributed by atoms with Crippen LogP contribution in [0.1, 0.15) is 15.9 Å². The zero-order valence-electron chi connectivity index (χ0n) is 12.2.